The summed E-state index contributed by atoms with van der Waals surface area (Å²) in [5, 5.41) is 9.46. The first-order chi connectivity index (χ1) is 14.6. The first-order valence-corrected chi connectivity index (χ1v) is 10.9. The highest BCUT2D eigenvalue weighted by Crippen LogP contribution is 2.60. The minimum atomic E-state index is -2.77. The maximum atomic E-state index is 14.1. The van der Waals surface area contributed by atoms with E-state index in [0.717, 1.165) is 37.8 Å². The number of aromatic nitrogens is 2. The van der Waals surface area contributed by atoms with Crippen molar-refractivity contribution in [1.82, 2.24) is 19.8 Å². The number of amides is 1. The van der Waals surface area contributed by atoms with E-state index in [2.05, 4.69) is 21.8 Å². The fourth-order valence-corrected chi connectivity index (χ4v) is 4.80. The Balaban J connectivity index is 1.62. The second-order valence-electron chi connectivity index (χ2n) is 9.47. The molecule has 10 heteroatoms. The molecule has 3 heterocycles. The SMILES string of the molecule is C[C@@H]1CCCCCN1c1nc(OC[C@]2(CN(C)C)CC2(F)F)nc2c1CN(C(=O)O)C2. The summed E-state index contributed by atoms with van der Waals surface area (Å²) in [6, 6.07) is 0.305. The molecule has 3 aliphatic rings. The van der Waals surface area contributed by atoms with Gasteiger partial charge >= 0.3 is 12.1 Å². The number of rotatable bonds is 6. The van der Waals surface area contributed by atoms with Crippen molar-refractivity contribution < 1.29 is 23.4 Å². The average Bonchev–Trinajstić information content (AvgIpc) is 3.05. The monoisotopic (exact) mass is 439 g/mol. The van der Waals surface area contributed by atoms with Crippen LogP contribution in [0.5, 0.6) is 6.01 Å². The van der Waals surface area contributed by atoms with Gasteiger partial charge in [0.25, 0.3) is 5.92 Å². The van der Waals surface area contributed by atoms with E-state index in [0.29, 0.717) is 11.5 Å². The molecule has 2 fully saturated rings. The molecule has 1 aromatic rings. The number of hydrogen-bond donors (Lipinski definition) is 1. The van der Waals surface area contributed by atoms with Crippen molar-refractivity contribution in [1.29, 1.82) is 0 Å². The average molecular weight is 440 g/mol. The Bertz CT molecular complexity index is 853. The maximum absolute atomic E-state index is 14.1. The summed E-state index contributed by atoms with van der Waals surface area (Å²) in [7, 11) is 3.53. The van der Waals surface area contributed by atoms with E-state index in [1.54, 1.807) is 19.0 Å². The van der Waals surface area contributed by atoms with E-state index in [4.69, 9.17) is 4.74 Å². The summed E-state index contributed by atoms with van der Waals surface area (Å²) >= 11 is 0. The summed E-state index contributed by atoms with van der Waals surface area (Å²) < 4.78 is 34.0. The van der Waals surface area contributed by atoms with Gasteiger partial charge in [-0.2, -0.15) is 9.97 Å². The number of carbonyl (C=O) groups is 1. The van der Waals surface area contributed by atoms with Gasteiger partial charge in [-0.05, 0) is 33.9 Å². The molecule has 4 rings (SSSR count). The standard InChI is InChI=1S/C21H31F2N5O3/c1-14-7-5-4-6-8-28(14)17-15-9-27(19(29)30)10-16(15)24-18(25-17)31-13-20(12-26(2)3)11-21(20,22)23/h14H,4-13H2,1-3H3,(H,29,30)/t14-,20-/m1/s1. The third-order valence-electron chi connectivity index (χ3n) is 6.64. The van der Waals surface area contributed by atoms with Crippen LogP contribution in [0.3, 0.4) is 0 Å². The van der Waals surface area contributed by atoms with Gasteiger partial charge in [-0.15, -0.1) is 0 Å². The van der Waals surface area contributed by atoms with Crippen LogP contribution in [0.2, 0.25) is 0 Å². The number of anilines is 1. The molecule has 2 aliphatic heterocycles. The fraction of sp³-hybridized carbons (Fsp3) is 0.762. The Labute approximate surface area is 181 Å². The molecule has 2 atom stereocenters. The van der Waals surface area contributed by atoms with Gasteiger partial charge in [0.1, 0.15) is 12.4 Å². The normalized spacial score (nSPS) is 27.2. The first kappa shape index (κ1) is 22.0. The van der Waals surface area contributed by atoms with Crippen molar-refractivity contribution in [3.63, 3.8) is 0 Å². The van der Waals surface area contributed by atoms with Crippen LogP contribution in [0.1, 0.15) is 50.3 Å². The molecule has 1 saturated carbocycles. The van der Waals surface area contributed by atoms with Crippen molar-refractivity contribution in [2.24, 2.45) is 5.41 Å². The Morgan fingerprint density at radius 3 is 2.65 bits per heavy atom. The minimum absolute atomic E-state index is 0.0540. The Hall–Kier alpha value is -2.23. The van der Waals surface area contributed by atoms with Crippen molar-refractivity contribution >= 4 is 11.9 Å². The first-order valence-electron chi connectivity index (χ1n) is 10.9. The molecule has 0 unspecified atom stereocenters. The molecule has 172 valence electrons. The molecule has 8 nitrogen and oxygen atoms in total. The van der Waals surface area contributed by atoms with Crippen LogP contribution in [0.4, 0.5) is 19.4 Å². The third kappa shape index (κ3) is 4.26. The molecule has 0 spiro atoms. The molecule has 0 radical (unpaired) electrons. The Kier molecular flexibility index (Phi) is 5.70. The highest BCUT2D eigenvalue weighted by molar-refractivity contribution is 5.67. The lowest BCUT2D eigenvalue weighted by atomic mass is 10.1. The number of carboxylic acid groups (broad SMARTS) is 1. The number of fused-ring (bicyclic) bond motifs is 1. The molecular formula is C21H31F2N5O3. The van der Waals surface area contributed by atoms with Gasteiger partial charge in [0, 0.05) is 31.1 Å². The number of nitrogens with zero attached hydrogens (tertiary/aromatic N) is 5. The summed E-state index contributed by atoms with van der Waals surface area (Å²) in [6.45, 7) is 3.38. The third-order valence-corrected chi connectivity index (χ3v) is 6.64. The van der Waals surface area contributed by atoms with Crippen LogP contribution in [0, 0.1) is 5.41 Å². The van der Waals surface area contributed by atoms with Crippen LogP contribution < -0.4 is 9.64 Å². The summed E-state index contributed by atoms with van der Waals surface area (Å²) in [6.07, 6.45) is 3.10. The predicted molar refractivity (Wildman–Crippen MR) is 111 cm³/mol. The Morgan fingerprint density at radius 1 is 1.26 bits per heavy atom. The number of alkyl halides is 2. The van der Waals surface area contributed by atoms with Crippen LogP contribution in [0.15, 0.2) is 0 Å². The minimum Gasteiger partial charge on any atom is -0.465 e. The number of hydrogen-bond acceptors (Lipinski definition) is 6. The summed E-state index contributed by atoms with van der Waals surface area (Å²) in [5.74, 6) is -2.08. The van der Waals surface area contributed by atoms with E-state index in [-0.39, 0.29) is 44.7 Å². The summed E-state index contributed by atoms with van der Waals surface area (Å²) in [5.41, 5.74) is 0.161. The zero-order valence-corrected chi connectivity index (χ0v) is 18.4. The van der Waals surface area contributed by atoms with Gasteiger partial charge in [-0.1, -0.05) is 12.8 Å². The van der Waals surface area contributed by atoms with Crippen molar-refractivity contribution in [3.8, 4) is 6.01 Å². The van der Waals surface area contributed by atoms with Gasteiger partial charge in [0.05, 0.1) is 24.2 Å². The zero-order valence-electron chi connectivity index (χ0n) is 18.4. The Morgan fingerprint density at radius 2 is 2.00 bits per heavy atom. The highest BCUT2D eigenvalue weighted by atomic mass is 19.3. The van der Waals surface area contributed by atoms with Crippen molar-refractivity contribution in [2.75, 3.05) is 38.7 Å². The zero-order chi connectivity index (χ0) is 22.4. The second kappa shape index (κ2) is 8.03. The molecule has 0 aromatic carbocycles. The second-order valence-corrected chi connectivity index (χ2v) is 9.47. The van der Waals surface area contributed by atoms with E-state index in [1.165, 1.54) is 4.90 Å². The van der Waals surface area contributed by atoms with Crippen LogP contribution in [-0.4, -0.2) is 76.7 Å². The molecule has 0 bridgehead atoms. The number of halogens is 2. The number of ether oxygens (including phenoxy) is 1. The van der Waals surface area contributed by atoms with Gasteiger partial charge in [0.15, 0.2) is 0 Å². The van der Waals surface area contributed by atoms with E-state index < -0.39 is 17.4 Å². The van der Waals surface area contributed by atoms with E-state index in [1.807, 2.05) is 0 Å². The highest BCUT2D eigenvalue weighted by Gasteiger charge is 2.71. The fourth-order valence-electron chi connectivity index (χ4n) is 4.80. The predicted octanol–water partition coefficient (Wildman–Crippen LogP) is 3.20. The lowest BCUT2D eigenvalue weighted by Gasteiger charge is -2.30. The molecule has 1 aliphatic carbocycles. The van der Waals surface area contributed by atoms with E-state index >= 15 is 0 Å². The topological polar surface area (TPSA) is 82.0 Å². The van der Waals surface area contributed by atoms with Gasteiger partial charge in [0.2, 0.25) is 0 Å². The molecular weight excluding hydrogens is 408 g/mol. The largest absolute Gasteiger partial charge is 0.465 e. The lowest BCUT2D eigenvalue weighted by Crippen LogP contribution is -2.35. The quantitative estimate of drug-likeness (QED) is 0.729. The van der Waals surface area contributed by atoms with Gasteiger partial charge in [-0.3, -0.25) is 4.90 Å². The van der Waals surface area contributed by atoms with Crippen LogP contribution in [-0.2, 0) is 13.1 Å². The maximum Gasteiger partial charge on any atom is 0.407 e. The van der Waals surface area contributed by atoms with Crippen LogP contribution >= 0.6 is 0 Å². The van der Waals surface area contributed by atoms with Gasteiger partial charge < -0.3 is 19.6 Å². The molecule has 31 heavy (non-hydrogen) atoms. The van der Waals surface area contributed by atoms with Crippen molar-refractivity contribution in [2.45, 2.75) is 64.1 Å². The molecule has 1 saturated heterocycles. The molecule has 1 amide bonds. The molecule has 1 N–H and O–H groups in total. The van der Waals surface area contributed by atoms with E-state index in [9.17, 15) is 18.7 Å². The molecule has 1 aromatic heterocycles. The van der Waals surface area contributed by atoms with Gasteiger partial charge in [-0.25, -0.2) is 13.6 Å². The smallest absolute Gasteiger partial charge is 0.407 e. The van der Waals surface area contributed by atoms with Crippen LogP contribution in [0.25, 0.3) is 0 Å². The summed E-state index contributed by atoms with van der Waals surface area (Å²) in [4.78, 5) is 25.8. The lowest BCUT2D eigenvalue weighted by molar-refractivity contribution is 0.0287. The van der Waals surface area contributed by atoms with Crippen molar-refractivity contribution in [3.05, 3.63) is 11.3 Å².